The molecule has 6 rings (SSSR count). The highest BCUT2D eigenvalue weighted by atomic mass is 35.5. The summed E-state index contributed by atoms with van der Waals surface area (Å²) in [5.74, 6) is -0.838. The number of hydrogen-bond acceptors (Lipinski definition) is 7. The van der Waals surface area contributed by atoms with Gasteiger partial charge in [-0.25, -0.2) is 18.3 Å². The number of hydrogen-bond donors (Lipinski definition) is 0. The predicted molar refractivity (Wildman–Crippen MR) is 154 cm³/mol. The van der Waals surface area contributed by atoms with Crippen molar-refractivity contribution >= 4 is 61.8 Å². The molecule has 1 aliphatic heterocycles. The highest BCUT2D eigenvalue weighted by molar-refractivity contribution is 7.89. The molecular weight excluding hydrogens is 587 g/mol. The summed E-state index contributed by atoms with van der Waals surface area (Å²) >= 11 is 12.4. The van der Waals surface area contributed by atoms with Gasteiger partial charge in [-0.05, 0) is 66.2 Å². The number of carbonyl (C=O) groups is 2. The first-order valence-electron chi connectivity index (χ1n) is 12.4. The SMILES string of the molecule is O=C1CC(N(Cc2cccnc2)S(=O)(=O)c2cc(Cl)ccc2Cl)C(=O)N1c1ccc(-c2nc3ccccc3o2)cc1. The molecule has 3 heterocycles. The van der Waals surface area contributed by atoms with Crippen molar-refractivity contribution in [3.05, 3.63) is 107 Å². The van der Waals surface area contributed by atoms with Gasteiger partial charge in [0.05, 0.1) is 17.1 Å². The van der Waals surface area contributed by atoms with Crippen molar-refractivity contribution in [2.75, 3.05) is 4.90 Å². The molecule has 0 aliphatic carbocycles. The number of pyridine rings is 1. The Kier molecular flexibility index (Phi) is 7.08. The van der Waals surface area contributed by atoms with Crippen LogP contribution in [-0.2, 0) is 26.2 Å². The lowest BCUT2D eigenvalue weighted by molar-refractivity contribution is -0.122. The van der Waals surface area contributed by atoms with Gasteiger partial charge in [0.15, 0.2) is 5.58 Å². The number of halogens is 2. The Balaban J connectivity index is 1.34. The fraction of sp³-hybridized carbons (Fsp3) is 0.103. The van der Waals surface area contributed by atoms with Crippen molar-refractivity contribution in [2.24, 2.45) is 0 Å². The first-order valence-corrected chi connectivity index (χ1v) is 14.6. The van der Waals surface area contributed by atoms with E-state index in [1.165, 1.54) is 24.4 Å². The molecule has 0 saturated carbocycles. The number of sulfonamides is 1. The van der Waals surface area contributed by atoms with Gasteiger partial charge in [0, 0.05) is 29.5 Å². The van der Waals surface area contributed by atoms with Crippen molar-refractivity contribution in [1.82, 2.24) is 14.3 Å². The summed E-state index contributed by atoms with van der Waals surface area (Å²) in [4.78, 5) is 36.2. The number of amides is 2. The van der Waals surface area contributed by atoms with Crippen molar-refractivity contribution < 1.29 is 22.4 Å². The van der Waals surface area contributed by atoms with Gasteiger partial charge < -0.3 is 4.42 Å². The Morgan fingerprint density at radius 1 is 0.976 bits per heavy atom. The van der Waals surface area contributed by atoms with Gasteiger partial charge in [0.2, 0.25) is 21.8 Å². The minimum atomic E-state index is -4.38. The van der Waals surface area contributed by atoms with E-state index in [-0.39, 0.29) is 27.9 Å². The van der Waals surface area contributed by atoms with E-state index >= 15 is 0 Å². The number of carbonyl (C=O) groups excluding carboxylic acids is 2. The van der Waals surface area contributed by atoms with Crippen LogP contribution in [0.25, 0.3) is 22.6 Å². The number of aromatic nitrogens is 2. The van der Waals surface area contributed by atoms with Gasteiger partial charge >= 0.3 is 0 Å². The van der Waals surface area contributed by atoms with Crippen LogP contribution in [0.3, 0.4) is 0 Å². The van der Waals surface area contributed by atoms with E-state index < -0.39 is 27.9 Å². The maximum atomic E-state index is 13.9. The third kappa shape index (κ3) is 5.11. The maximum Gasteiger partial charge on any atom is 0.252 e. The molecule has 2 aromatic heterocycles. The Morgan fingerprint density at radius 2 is 1.76 bits per heavy atom. The highest BCUT2D eigenvalue weighted by Gasteiger charge is 2.47. The molecule has 0 spiro atoms. The quantitative estimate of drug-likeness (QED) is 0.218. The van der Waals surface area contributed by atoms with Gasteiger partial charge in [-0.3, -0.25) is 14.6 Å². The molecule has 1 atom stereocenters. The topological polar surface area (TPSA) is 114 Å². The molecule has 1 unspecified atom stereocenters. The minimum Gasteiger partial charge on any atom is -0.436 e. The van der Waals surface area contributed by atoms with E-state index in [1.54, 1.807) is 42.6 Å². The van der Waals surface area contributed by atoms with Crippen molar-refractivity contribution in [2.45, 2.75) is 23.9 Å². The Hall–Kier alpha value is -4.09. The summed E-state index contributed by atoms with van der Waals surface area (Å²) < 4.78 is 34.6. The number of nitrogens with zero attached hydrogens (tertiary/aromatic N) is 4. The monoisotopic (exact) mass is 606 g/mol. The first-order chi connectivity index (χ1) is 19.7. The number of imide groups is 1. The van der Waals surface area contributed by atoms with E-state index in [9.17, 15) is 18.0 Å². The maximum absolute atomic E-state index is 13.9. The highest BCUT2D eigenvalue weighted by Crippen LogP contribution is 2.35. The van der Waals surface area contributed by atoms with E-state index in [0.717, 1.165) is 9.21 Å². The Morgan fingerprint density at radius 3 is 2.49 bits per heavy atom. The van der Waals surface area contributed by atoms with Gasteiger partial charge in [-0.2, -0.15) is 4.31 Å². The molecule has 9 nitrogen and oxygen atoms in total. The van der Waals surface area contributed by atoms with Crippen LogP contribution in [0.2, 0.25) is 10.0 Å². The first kappa shape index (κ1) is 27.1. The van der Waals surface area contributed by atoms with Crippen LogP contribution < -0.4 is 4.90 Å². The van der Waals surface area contributed by atoms with Crippen LogP contribution in [0, 0.1) is 0 Å². The van der Waals surface area contributed by atoms with Crippen molar-refractivity contribution in [3.8, 4) is 11.5 Å². The number of fused-ring (bicyclic) bond motifs is 1. The Bertz CT molecular complexity index is 1860. The predicted octanol–water partition coefficient (Wildman–Crippen LogP) is 5.72. The fourth-order valence-electron chi connectivity index (χ4n) is 4.70. The molecule has 12 heteroatoms. The molecule has 1 saturated heterocycles. The van der Waals surface area contributed by atoms with Crippen LogP contribution in [0.4, 0.5) is 5.69 Å². The number of oxazole rings is 1. The second-order valence-electron chi connectivity index (χ2n) is 9.31. The fourth-order valence-corrected chi connectivity index (χ4v) is 7.01. The smallest absolute Gasteiger partial charge is 0.252 e. The van der Waals surface area contributed by atoms with E-state index in [0.29, 0.717) is 33.8 Å². The van der Waals surface area contributed by atoms with Crippen LogP contribution >= 0.6 is 23.2 Å². The Labute approximate surface area is 245 Å². The number of para-hydroxylation sites is 2. The lowest BCUT2D eigenvalue weighted by Crippen LogP contribution is -2.45. The third-order valence-corrected chi connectivity index (χ3v) is 9.25. The number of benzene rings is 3. The lowest BCUT2D eigenvalue weighted by Gasteiger charge is -2.27. The van der Waals surface area contributed by atoms with Gasteiger partial charge in [-0.1, -0.05) is 41.4 Å². The second kappa shape index (κ2) is 10.7. The van der Waals surface area contributed by atoms with Crippen molar-refractivity contribution in [1.29, 1.82) is 0 Å². The zero-order chi connectivity index (χ0) is 28.7. The van der Waals surface area contributed by atoms with E-state index in [1.807, 2.05) is 24.3 Å². The molecular formula is C29H20Cl2N4O5S. The molecule has 1 fully saturated rings. The molecule has 0 N–H and O–H groups in total. The van der Waals surface area contributed by atoms with E-state index in [4.69, 9.17) is 27.6 Å². The van der Waals surface area contributed by atoms with Crippen molar-refractivity contribution in [3.63, 3.8) is 0 Å². The summed E-state index contributed by atoms with van der Waals surface area (Å²) in [6.07, 6.45) is 2.68. The lowest BCUT2D eigenvalue weighted by atomic mass is 10.2. The summed E-state index contributed by atoms with van der Waals surface area (Å²) in [5.41, 5.74) is 2.80. The molecule has 5 aromatic rings. The van der Waals surface area contributed by atoms with Crippen LogP contribution in [0.5, 0.6) is 0 Å². The normalized spacial score (nSPS) is 15.8. The van der Waals surface area contributed by atoms with Gasteiger partial charge in [0.1, 0.15) is 16.5 Å². The summed E-state index contributed by atoms with van der Waals surface area (Å²) in [6, 6.07) is 20.0. The molecule has 3 aromatic carbocycles. The standard InChI is InChI=1S/C29H20Cl2N4O5S/c30-20-9-12-22(31)26(14-20)41(38,39)34(17-18-4-3-13-32-16-18)24-15-27(36)35(29(24)37)21-10-7-19(8-11-21)28-33-23-5-1-2-6-25(23)40-28/h1-14,16,24H,15,17H2. The summed E-state index contributed by atoms with van der Waals surface area (Å²) in [5, 5.41) is 0.0952. The third-order valence-electron chi connectivity index (χ3n) is 6.68. The molecule has 206 valence electrons. The summed E-state index contributed by atoms with van der Waals surface area (Å²) in [6.45, 7) is -0.215. The minimum absolute atomic E-state index is 0.0611. The molecule has 41 heavy (non-hydrogen) atoms. The molecule has 1 aliphatic rings. The number of anilines is 1. The van der Waals surface area contributed by atoms with Crippen LogP contribution in [0.1, 0.15) is 12.0 Å². The zero-order valence-corrected chi connectivity index (χ0v) is 23.5. The molecule has 0 radical (unpaired) electrons. The van der Waals surface area contributed by atoms with Crippen LogP contribution in [-0.4, -0.2) is 40.5 Å². The zero-order valence-electron chi connectivity index (χ0n) is 21.1. The average Bonchev–Trinajstić information content (AvgIpc) is 3.53. The van der Waals surface area contributed by atoms with Gasteiger partial charge in [-0.15, -0.1) is 0 Å². The molecule has 0 bridgehead atoms. The molecule has 2 amide bonds. The van der Waals surface area contributed by atoms with E-state index in [2.05, 4.69) is 9.97 Å². The van der Waals surface area contributed by atoms with Crippen LogP contribution in [0.15, 0.2) is 101 Å². The summed E-state index contributed by atoms with van der Waals surface area (Å²) in [7, 11) is -4.38. The number of rotatable bonds is 7. The van der Waals surface area contributed by atoms with Gasteiger partial charge in [0.25, 0.3) is 5.91 Å². The largest absolute Gasteiger partial charge is 0.436 e. The average molecular weight is 607 g/mol. The second-order valence-corrected chi connectivity index (χ2v) is 12.0.